The fourth-order valence-electron chi connectivity index (χ4n) is 2.60. The fraction of sp³-hybridized carbons (Fsp3) is 0.316. The van der Waals surface area contributed by atoms with Crippen molar-refractivity contribution in [2.45, 2.75) is 32.7 Å². The Hall–Kier alpha value is -2.76. The summed E-state index contributed by atoms with van der Waals surface area (Å²) in [6.07, 6.45) is 2.78. The average molecular weight is 344 g/mol. The molecule has 132 valence electrons. The van der Waals surface area contributed by atoms with Gasteiger partial charge in [0, 0.05) is 19.2 Å². The summed E-state index contributed by atoms with van der Waals surface area (Å²) in [6.45, 7) is 2.85. The number of carbonyl (C=O) groups is 1. The van der Waals surface area contributed by atoms with Gasteiger partial charge in [-0.2, -0.15) is 0 Å². The monoisotopic (exact) mass is 344 g/mol. The van der Waals surface area contributed by atoms with Gasteiger partial charge < -0.3 is 4.90 Å². The first-order chi connectivity index (χ1) is 12.0. The molecule has 2 aromatic rings. The minimum absolute atomic E-state index is 0.0751. The third-order valence-electron chi connectivity index (χ3n) is 3.94. The summed E-state index contributed by atoms with van der Waals surface area (Å²) in [5.41, 5.74) is 0.656. The number of benzene rings is 2. The summed E-state index contributed by atoms with van der Waals surface area (Å²) in [5, 5.41) is 11.2. The molecule has 0 aliphatic rings. The molecule has 1 amide bonds. The summed E-state index contributed by atoms with van der Waals surface area (Å²) in [4.78, 5) is 25.1. The lowest BCUT2D eigenvalue weighted by Gasteiger charge is -2.23. The number of halogens is 1. The number of nitro groups is 1. The van der Waals surface area contributed by atoms with Crippen LogP contribution in [0, 0.1) is 15.9 Å². The van der Waals surface area contributed by atoms with E-state index in [1.54, 1.807) is 23.1 Å². The maximum Gasteiger partial charge on any atom is 0.282 e. The molecule has 0 bridgehead atoms. The number of hydrogen-bond donors (Lipinski definition) is 0. The Balaban J connectivity index is 2.26. The van der Waals surface area contributed by atoms with E-state index in [4.69, 9.17) is 0 Å². The van der Waals surface area contributed by atoms with Crippen LogP contribution in [-0.2, 0) is 6.54 Å². The van der Waals surface area contributed by atoms with Crippen molar-refractivity contribution in [2.24, 2.45) is 0 Å². The molecule has 0 radical (unpaired) electrons. The second kappa shape index (κ2) is 8.92. The Morgan fingerprint density at radius 2 is 1.80 bits per heavy atom. The van der Waals surface area contributed by atoms with Crippen molar-refractivity contribution in [3.8, 4) is 0 Å². The molecule has 0 aromatic heterocycles. The molecule has 0 aliphatic heterocycles. The highest BCUT2D eigenvalue weighted by Crippen LogP contribution is 2.21. The number of nitro benzene ring substituents is 1. The molecular weight excluding hydrogens is 323 g/mol. The number of para-hydroxylation sites is 1. The van der Waals surface area contributed by atoms with Crippen molar-refractivity contribution >= 4 is 11.6 Å². The van der Waals surface area contributed by atoms with Gasteiger partial charge in [-0.1, -0.05) is 44.0 Å². The Labute approximate surface area is 146 Å². The quantitative estimate of drug-likeness (QED) is 0.400. The molecule has 0 unspecified atom stereocenters. The van der Waals surface area contributed by atoms with Gasteiger partial charge in [-0.3, -0.25) is 14.9 Å². The molecular formula is C19H21FN2O3. The Morgan fingerprint density at radius 3 is 2.44 bits per heavy atom. The van der Waals surface area contributed by atoms with Gasteiger partial charge in [0.2, 0.25) is 0 Å². The van der Waals surface area contributed by atoms with E-state index < -0.39 is 4.92 Å². The summed E-state index contributed by atoms with van der Waals surface area (Å²) >= 11 is 0. The van der Waals surface area contributed by atoms with Gasteiger partial charge in [0.25, 0.3) is 11.6 Å². The average Bonchev–Trinajstić information content (AvgIpc) is 2.62. The lowest BCUT2D eigenvalue weighted by Crippen LogP contribution is -2.32. The normalized spacial score (nSPS) is 10.5. The summed E-state index contributed by atoms with van der Waals surface area (Å²) < 4.78 is 13.1. The minimum Gasteiger partial charge on any atom is -0.334 e. The predicted octanol–water partition coefficient (Wildman–Crippen LogP) is 4.57. The van der Waals surface area contributed by atoms with Crippen LogP contribution >= 0.6 is 0 Å². The molecule has 0 atom stereocenters. The predicted molar refractivity (Wildman–Crippen MR) is 93.8 cm³/mol. The maximum atomic E-state index is 13.1. The number of carbonyl (C=O) groups excluding carboxylic acids is 1. The molecule has 2 rings (SSSR count). The first kappa shape index (κ1) is 18.6. The molecule has 0 saturated carbocycles. The number of rotatable bonds is 8. The minimum atomic E-state index is -0.546. The number of nitrogens with zero attached hydrogens (tertiary/aromatic N) is 2. The van der Waals surface area contributed by atoms with Crippen LogP contribution in [0.25, 0.3) is 0 Å². The first-order valence-electron chi connectivity index (χ1n) is 8.30. The Bertz CT molecular complexity index is 732. The van der Waals surface area contributed by atoms with Gasteiger partial charge in [0.1, 0.15) is 11.4 Å². The summed E-state index contributed by atoms with van der Waals surface area (Å²) in [7, 11) is 0. The highest BCUT2D eigenvalue weighted by molar-refractivity contribution is 5.98. The van der Waals surface area contributed by atoms with Crippen LogP contribution < -0.4 is 0 Å². The van der Waals surface area contributed by atoms with Crippen LogP contribution in [0.5, 0.6) is 0 Å². The van der Waals surface area contributed by atoms with E-state index >= 15 is 0 Å². The van der Waals surface area contributed by atoms with E-state index in [1.165, 1.54) is 30.3 Å². The van der Waals surface area contributed by atoms with Crippen LogP contribution in [0.3, 0.4) is 0 Å². The lowest BCUT2D eigenvalue weighted by atomic mass is 10.1. The highest BCUT2D eigenvalue weighted by atomic mass is 19.1. The smallest absolute Gasteiger partial charge is 0.282 e. The van der Waals surface area contributed by atoms with Gasteiger partial charge in [0.05, 0.1) is 4.92 Å². The molecule has 0 spiro atoms. The molecule has 0 heterocycles. The first-order valence-corrected chi connectivity index (χ1v) is 8.30. The van der Waals surface area contributed by atoms with Crippen LogP contribution in [0.2, 0.25) is 0 Å². The van der Waals surface area contributed by atoms with Crippen molar-refractivity contribution in [1.29, 1.82) is 0 Å². The number of unbranched alkanes of at least 4 members (excludes halogenated alkanes) is 2. The molecule has 0 N–H and O–H groups in total. The highest BCUT2D eigenvalue weighted by Gasteiger charge is 2.24. The van der Waals surface area contributed by atoms with Crippen LogP contribution in [0.15, 0.2) is 48.5 Å². The standard InChI is InChI=1S/C19H21FN2O3/c1-2-3-6-13-21(14-15-9-11-16(20)12-10-15)19(23)17-7-4-5-8-18(17)22(24)25/h4-5,7-12H,2-3,6,13-14H2,1H3. The van der Waals surface area contributed by atoms with Gasteiger partial charge in [0.15, 0.2) is 0 Å². The van der Waals surface area contributed by atoms with E-state index in [1.807, 2.05) is 0 Å². The van der Waals surface area contributed by atoms with Crippen molar-refractivity contribution in [2.75, 3.05) is 6.54 Å². The van der Waals surface area contributed by atoms with Gasteiger partial charge in [-0.05, 0) is 30.2 Å². The van der Waals surface area contributed by atoms with Gasteiger partial charge >= 0.3 is 0 Å². The Morgan fingerprint density at radius 1 is 1.12 bits per heavy atom. The van der Waals surface area contributed by atoms with Crippen molar-refractivity contribution in [3.63, 3.8) is 0 Å². The zero-order chi connectivity index (χ0) is 18.2. The van der Waals surface area contributed by atoms with Crippen LogP contribution in [0.4, 0.5) is 10.1 Å². The molecule has 2 aromatic carbocycles. The van der Waals surface area contributed by atoms with Crippen LogP contribution in [-0.4, -0.2) is 22.3 Å². The lowest BCUT2D eigenvalue weighted by molar-refractivity contribution is -0.385. The molecule has 5 nitrogen and oxygen atoms in total. The topological polar surface area (TPSA) is 63.5 Å². The van der Waals surface area contributed by atoms with Gasteiger partial charge in [-0.25, -0.2) is 4.39 Å². The second-order valence-corrected chi connectivity index (χ2v) is 5.83. The third kappa shape index (κ3) is 5.11. The SMILES string of the molecule is CCCCCN(Cc1ccc(F)cc1)C(=O)c1ccccc1[N+](=O)[O-]. The Kier molecular flexibility index (Phi) is 6.62. The van der Waals surface area contributed by atoms with Crippen molar-refractivity contribution in [3.05, 3.63) is 75.6 Å². The van der Waals surface area contributed by atoms with Crippen LogP contribution in [0.1, 0.15) is 42.1 Å². The third-order valence-corrected chi connectivity index (χ3v) is 3.94. The summed E-state index contributed by atoms with van der Waals surface area (Å²) in [6, 6.07) is 11.9. The number of amides is 1. The van der Waals surface area contributed by atoms with Crippen molar-refractivity contribution < 1.29 is 14.1 Å². The summed E-state index contributed by atoms with van der Waals surface area (Å²) in [5.74, 6) is -0.723. The zero-order valence-corrected chi connectivity index (χ0v) is 14.2. The molecule has 0 aliphatic carbocycles. The van der Waals surface area contributed by atoms with E-state index in [0.717, 1.165) is 24.8 Å². The molecule has 25 heavy (non-hydrogen) atoms. The van der Waals surface area contributed by atoms with Gasteiger partial charge in [-0.15, -0.1) is 0 Å². The largest absolute Gasteiger partial charge is 0.334 e. The van der Waals surface area contributed by atoms with E-state index in [0.29, 0.717) is 6.54 Å². The fourth-order valence-corrected chi connectivity index (χ4v) is 2.60. The zero-order valence-electron chi connectivity index (χ0n) is 14.2. The number of hydrogen-bond acceptors (Lipinski definition) is 3. The van der Waals surface area contributed by atoms with E-state index in [2.05, 4.69) is 6.92 Å². The van der Waals surface area contributed by atoms with E-state index in [9.17, 15) is 19.3 Å². The molecule has 0 fully saturated rings. The maximum absolute atomic E-state index is 13.1. The second-order valence-electron chi connectivity index (χ2n) is 5.83. The molecule has 6 heteroatoms. The van der Waals surface area contributed by atoms with E-state index in [-0.39, 0.29) is 29.5 Å². The molecule has 0 saturated heterocycles. The van der Waals surface area contributed by atoms with Crippen molar-refractivity contribution in [1.82, 2.24) is 4.90 Å².